The summed E-state index contributed by atoms with van der Waals surface area (Å²) in [5.41, 5.74) is 2.04. The van der Waals surface area contributed by atoms with Gasteiger partial charge in [0, 0.05) is 0 Å². The predicted octanol–water partition coefficient (Wildman–Crippen LogP) is 4.07. The van der Waals surface area contributed by atoms with E-state index in [2.05, 4.69) is 13.8 Å². The van der Waals surface area contributed by atoms with Crippen molar-refractivity contribution >= 4 is 0 Å². The van der Waals surface area contributed by atoms with Crippen molar-refractivity contribution < 1.29 is 4.39 Å². The first-order valence-electron chi connectivity index (χ1n) is 4.81. The molecule has 0 aliphatic heterocycles. The summed E-state index contributed by atoms with van der Waals surface area (Å²) in [6, 6.07) is 5.42. The minimum Gasteiger partial charge on any atom is -0.207 e. The Balaban J connectivity index is 3.11. The highest BCUT2D eigenvalue weighted by Crippen LogP contribution is 2.23. The van der Waals surface area contributed by atoms with E-state index >= 15 is 0 Å². The van der Waals surface area contributed by atoms with Gasteiger partial charge in [0.2, 0.25) is 0 Å². The van der Waals surface area contributed by atoms with Crippen LogP contribution in [0.1, 0.15) is 50.7 Å². The Morgan fingerprint density at radius 2 is 1.62 bits per heavy atom. The maximum absolute atomic E-state index is 13.3. The fraction of sp³-hybridized carbons (Fsp3) is 0.500. The molecule has 0 aromatic heterocycles. The van der Waals surface area contributed by atoms with E-state index in [-0.39, 0.29) is 11.7 Å². The molecule has 1 aromatic rings. The lowest BCUT2D eigenvalue weighted by molar-refractivity contribution is 0.596. The lowest BCUT2D eigenvalue weighted by atomic mass is 9.95. The largest absolute Gasteiger partial charge is 0.207 e. The molecule has 0 atom stereocenters. The van der Waals surface area contributed by atoms with Gasteiger partial charge in [-0.05, 0) is 29.0 Å². The van der Waals surface area contributed by atoms with Gasteiger partial charge in [-0.25, -0.2) is 4.39 Å². The number of rotatable bonds is 2. The molecule has 0 fully saturated rings. The van der Waals surface area contributed by atoms with Crippen molar-refractivity contribution in [1.82, 2.24) is 0 Å². The zero-order chi connectivity index (χ0) is 10.0. The average molecular weight is 180 g/mol. The summed E-state index contributed by atoms with van der Waals surface area (Å²) in [5.74, 6) is 0.649. The highest BCUT2D eigenvalue weighted by atomic mass is 19.1. The zero-order valence-corrected chi connectivity index (χ0v) is 8.76. The monoisotopic (exact) mass is 180 g/mol. The molecule has 13 heavy (non-hydrogen) atoms. The molecule has 0 saturated heterocycles. The molecule has 0 amide bonds. The van der Waals surface area contributed by atoms with Crippen LogP contribution in [0.5, 0.6) is 0 Å². The van der Waals surface area contributed by atoms with E-state index in [1.54, 1.807) is 6.07 Å². The molecular formula is C12H17F. The van der Waals surface area contributed by atoms with Crippen LogP contribution < -0.4 is 0 Å². The van der Waals surface area contributed by atoms with Crippen LogP contribution in [0.3, 0.4) is 0 Å². The molecule has 72 valence electrons. The molecule has 1 heteroatoms. The van der Waals surface area contributed by atoms with Crippen molar-refractivity contribution in [2.75, 3.05) is 0 Å². The van der Waals surface area contributed by atoms with Crippen molar-refractivity contribution in [3.05, 3.63) is 35.1 Å². The minimum absolute atomic E-state index is 0.0839. The highest BCUT2D eigenvalue weighted by Gasteiger charge is 2.08. The summed E-state index contributed by atoms with van der Waals surface area (Å²) in [4.78, 5) is 0. The van der Waals surface area contributed by atoms with E-state index in [1.807, 2.05) is 26.0 Å². The Kier molecular flexibility index (Phi) is 3.07. The second-order valence-corrected chi connectivity index (χ2v) is 4.09. The highest BCUT2D eigenvalue weighted by molar-refractivity contribution is 5.29. The second-order valence-electron chi connectivity index (χ2n) is 4.09. The van der Waals surface area contributed by atoms with Gasteiger partial charge in [0.15, 0.2) is 0 Å². The van der Waals surface area contributed by atoms with Gasteiger partial charge in [0.25, 0.3) is 0 Å². The Hall–Kier alpha value is -0.850. The predicted molar refractivity (Wildman–Crippen MR) is 54.6 cm³/mol. The molecule has 0 unspecified atom stereocenters. The van der Waals surface area contributed by atoms with Crippen molar-refractivity contribution in [3.63, 3.8) is 0 Å². The lowest BCUT2D eigenvalue weighted by Gasteiger charge is -2.11. The van der Waals surface area contributed by atoms with Gasteiger partial charge in [0.1, 0.15) is 5.82 Å². The standard InChI is InChI=1S/C12H17F/c1-8(2)10-5-6-12(13)11(7-10)9(3)4/h5-9H,1-4H3. The number of hydrogen-bond donors (Lipinski definition) is 0. The van der Waals surface area contributed by atoms with Gasteiger partial charge in [0.05, 0.1) is 0 Å². The molecule has 0 aliphatic rings. The van der Waals surface area contributed by atoms with E-state index in [1.165, 1.54) is 5.56 Å². The molecule has 1 aromatic carbocycles. The quantitative estimate of drug-likeness (QED) is 0.643. The number of benzene rings is 1. The normalized spacial score (nSPS) is 11.3. The number of hydrogen-bond acceptors (Lipinski definition) is 0. The maximum Gasteiger partial charge on any atom is 0.126 e. The van der Waals surface area contributed by atoms with Crippen molar-refractivity contribution in [2.45, 2.75) is 39.5 Å². The van der Waals surface area contributed by atoms with Gasteiger partial charge in [-0.15, -0.1) is 0 Å². The van der Waals surface area contributed by atoms with Gasteiger partial charge in [-0.2, -0.15) is 0 Å². The molecule has 0 bridgehead atoms. The van der Waals surface area contributed by atoms with Crippen LogP contribution in [-0.2, 0) is 0 Å². The van der Waals surface area contributed by atoms with E-state index in [0.29, 0.717) is 5.92 Å². The molecule has 0 nitrogen and oxygen atoms in total. The first kappa shape index (κ1) is 10.2. The molecular weight excluding hydrogens is 163 g/mol. The molecule has 0 spiro atoms. The average Bonchev–Trinajstić information content (AvgIpc) is 2.04. The Bertz CT molecular complexity index is 287. The van der Waals surface area contributed by atoms with E-state index in [9.17, 15) is 4.39 Å². The van der Waals surface area contributed by atoms with Gasteiger partial charge in [-0.3, -0.25) is 0 Å². The summed E-state index contributed by atoms with van der Waals surface area (Å²) in [5, 5.41) is 0. The first-order chi connectivity index (χ1) is 6.02. The van der Waals surface area contributed by atoms with Crippen molar-refractivity contribution in [1.29, 1.82) is 0 Å². The Labute approximate surface area is 79.8 Å². The molecule has 0 heterocycles. The van der Waals surface area contributed by atoms with Gasteiger partial charge in [-0.1, -0.05) is 39.8 Å². The van der Waals surface area contributed by atoms with E-state index < -0.39 is 0 Å². The van der Waals surface area contributed by atoms with E-state index in [4.69, 9.17) is 0 Å². The summed E-state index contributed by atoms with van der Waals surface area (Å²) in [6.07, 6.45) is 0. The molecule has 1 rings (SSSR count). The van der Waals surface area contributed by atoms with Crippen LogP contribution in [0.2, 0.25) is 0 Å². The summed E-state index contributed by atoms with van der Waals surface area (Å²) in [6.45, 7) is 8.28. The first-order valence-corrected chi connectivity index (χ1v) is 4.81. The Morgan fingerprint density at radius 1 is 1.00 bits per heavy atom. The fourth-order valence-electron chi connectivity index (χ4n) is 1.36. The fourth-order valence-corrected chi connectivity index (χ4v) is 1.36. The summed E-state index contributed by atoms with van der Waals surface area (Å²) in [7, 11) is 0. The number of halogens is 1. The van der Waals surface area contributed by atoms with Crippen molar-refractivity contribution in [2.24, 2.45) is 0 Å². The van der Waals surface area contributed by atoms with Crippen LogP contribution >= 0.6 is 0 Å². The second kappa shape index (κ2) is 3.91. The maximum atomic E-state index is 13.3. The summed E-state index contributed by atoms with van der Waals surface area (Å²) >= 11 is 0. The molecule has 0 radical (unpaired) electrons. The topological polar surface area (TPSA) is 0 Å². The third-order valence-electron chi connectivity index (χ3n) is 2.31. The van der Waals surface area contributed by atoms with Crippen LogP contribution in [0.15, 0.2) is 18.2 Å². The smallest absolute Gasteiger partial charge is 0.126 e. The SMILES string of the molecule is CC(C)c1ccc(F)c(C(C)C)c1. The zero-order valence-electron chi connectivity index (χ0n) is 8.76. The van der Waals surface area contributed by atoms with Crippen LogP contribution in [-0.4, -0.2) is 0 Å². The Morgan fingerprint density at radius 3 is 2.08 bits per heavy atom. The van der Waals surface area contributed by atoms with Gasteiger partial charge >= 0.3 is 0 Å². The molecule has 0 saturated carbocycles. The van der Waals surface area contributed by atoms with Crippen LogP contribution in [0.25, 0.3) is 0 Å². The van der Waals surface area contributed by atoms with Crippen LogP contribution in [0, 0.1) is 5.82 Å². The lowest BCUT2D eigenvalue weighted by Crippen LogP contribution is -1.96. The molecule has 0 N–H and O–H groups in total. The minimum atomic E-state index is -0.0839. The third kappa shape index (κ3) is 2.30. The van der Waals surface area contributed by atoms with Crippen molar-refractivity contribution in [3.8, 4) is 0 Å². The summed E-state index contributed by atoms with van der Waals surface area (Å²) < 4.78 is 13.3. The van der Waals surface area contributed by atoms with E-state index in [0.717, 1.165) is 5.56 Å². The third-order valence-corrected chi connectivity index (χ3v) is 2.31. The molecule has 0 aliphatic carbocycles. The van der Waals surface area contributed by atoms with Gasteiger partial charge < -0.3 is 0 Å². The van der Waals surface area contributed by atoms with Crippen LogP contribution in [0.4, 0.5) is 4.39 Å².